The van der Waals surface area contributed by atoms with Gasteiger partial charge in [-0.1, -0.05) is 26.2 Å². The van der Waals surface area contributed by atoms with E-state index in [9.17, 15) is 18.0 Å². The topological polar surface area (TPSA) is 138 Å². The van der Waals surface area contributed by atoms with E-state index in [-0.39, 0.29) is 51.4 Å². The SMILES string of the molecule is O=C(O)CC(C(=O)O)S(=O)(=O)O.[CH2-]CCOCCCCCC.[K+]. The van der Waals surface area contributed by atoms with Gasteiger partial charge in [0, 0.05) is 13.2 Å². The number of carbonyl (C=O) groups is 2. The molecule has 8 nitrogen and oxygen atoms in total. The van der Waals surface area contributed by atoms with Gasteiger partial charge in [-0.3, -0.25) is 14.1 Å². The molecule has 3 N–H and O–H groups in total. The molecule has 1 unspecified atom stereocenters. The van der Waals surface area contributed by atoms with E-state index in [4.69, 9.17) is 19.5 Å². The molecule has 0 radical (unpaired) electrons. The average molecular weight is 381 g/mol. The molecule has 0 rings (SSSR count). The van der Waals surface area contributed by atoms with Crippen LogP contribution in [0.25, 0.3) is 0 Å². The maximum Gasteiger partial charge on any atom is 1.00 e. The molecule has 0 heterocycles. The van der Waals surface area contributed by atoms with Crippen molar-refractivity contribution in [3.05, 3.63) is 6.92 Å². The molecule has 0 aliphatic rings. The van der Waals surface area contributed by atoms with Gasteiger partial charge in [-0.2, -0.15) is 14.8 Å². The zero-order chi connectivity index (χ0) is 17.6. The first-order valence-corrected chi connectivity index (χ1v) is 8.45. The van der Waals surface area contributed by atoms with Crippen LogP contribution >= 0.6 is 0 Å². The summed E-state index contributed by atoms with van der Waals surface area (Å²) in [5.74, 6) is -3.50. The molecule has 0 aromatic carbocycles. The van der Waals surface area contributed by atoms with E-state index in [1.54, 1.807) is 0 Å². The van der Waals surface area contributed by atoms with Crippen LogP contribution in [0, 0.1) is 6.92 Å². The fourth-order valence-electron chi connectivity index (χ4n) is 1.31. The van der Waals surface area contributed by atoms with E-state index >= 15 is 0 Å². The van der Waals surface area contributed by atoms with Crippen LogP contribution < -0.4 is 51.4 Å². The molecule has 0 bridgehead atoms. The van der Waals surface area contributed by atoms with E-state index in [0.29, 0.717) is 0 Å². The van der Waals surface area contributed by atoms with Gasteiger partial charge in [0.1, 0.15) is 0 Å². The predicted molar refractivity (Wildman–Crippen MR) is 80.2 cm³/mol. The van der Waals surface area contributed by atoms with Crippen molar-refractivity contribution in [2.45, 2.75) is 50.7 Å². The minimum Gasteiger partial charge on any atom is -0.481 e. The van der Waals surface area contributed by atoms with Crippen molar-refractivity contribution in [2.24, 2.45) is 0 Å². The normalized spacial score (nSPS) is 11.6. The van der Waals surface area contributed by atoms with Gasteiger partial charge in [-0.05, 0) is 6.42 Å². The summed E-state index contributed by atoms with van der Waals surface area (Å²) in [5.41, 5.74) is 0. The molecule has 0 aliphatic carbocycles. The quantitative estimate of drug-likeness (QED) is 0.172. The van der Waals surface area contributed by atoms with Crippen LogP contribution in [0.1, 0.15) is 45.4 Å². The third kappa shape index (κ3) is 20.4. The number of hydrogen-bond acceptors (Lipinski definition) is 5. The van der Waals surface area contributed by atoms with Gasteiger partial charge in [-0.15, -0.1) is 0 Å². The van der Waals surface area contributed by atoms with Crippen molar-refractivity contribution in [1.82, 2.24) is 0 Å². The van der Waals surface area contributed by atoms with Gasteiger partial charge in [0.2, 0.25) is 0 Å². The standard InChI is InChI=1S/C9H19O.C4H6O7S.K/c1-3-5-6-7-9-10-8-4-2;5-3(6)1-2(4(7)8)12(9,10)11;/h2-9H2,1H3;2H,1H2,(H,5,6)(H,7,8)(H,9,10,11);/q-1;;+1. The summed E-state index contributed by atoms with van der Waals surface area (Å²) in [6, 6.07) is 0. The summed E-state index contributed by atoms with van der Waals surface area (Å²) >= 11 is 0. The average Bonchev–Trinajstić information content (AvgIpc) is 2.39. The second-order valence-electron chi connectivity index (χ2n) is 4.47. The number of hydrogen-bond donors (Lipinski definition) is 3. The molecule has 0 aliphatic heterocycles. The Morgan fingerprint density at radius 1 is 1.13 bits per heavy atom. The monoisotopic (exact) mass is 380 g/mol. The second-order valence-corrected chi connectivity index (χ2v) is 6.07. The molecule has 0 saturated heterocycles. The summed E-state index contributed by atoms with van der Waals surface area (Å²) in [6.07, 6.45) is 4.91. The molecule has 0 fully saturated rings. The molecule has 0 aromatic heterocycles. The zero-order valence-corrected chi connectivity index (χ0v) is 17.7. The van der Waals surface area contributed by atoms with Crippen molar-refractivity contribution in [2.75, 3.05) is 13.2 Å². The van der Waals surface area contributed by atoms with Crippen LogP contribution in [0.15, 0.2) is 0 Å². The first-order valence-electron chi connectivity index (χ1n) is 6.94. The Morgan fingerprint density at radius 2 is 1.70 bits per heavy atom. The molecule has 0 saturated carbocycles. The van der Waals surface area contributed by atoms with Crippen LogP contribution in [0.4, 0.5) is 0 Å². The van der Waals surface area contributed by atoms with E-state index in [0.717, 1.165) is 19.6 Å². The fourth-order valence-corrected chi connectivity index (χ4v) is 1.92. The molecule has 0 spiro atoms. The summed E-state index contributed by atoms with van der Waals surface area (Å²) < 4.78 is 33.9. The summed E-state index contributed by atoms with van der Waals surface area (Å²) in [7, 11) is -4.84. The minimum absolute atomic E-state index is 0. The van der Waals surface area contributed by atoms with Crippen LogP contribution in [0.3, 0.4) is 0 Å². The van der Waals surface area contributed by atoms with Crippen LogP contribution in [0.5, 0.6) is 0 Å². The van der Waals surface area contributed by atoms with Gasteiger partial charge >= 0.3 is 63.3 Å². The second kappa shape index (κ2) is 17.3. The zero-order valence-electron chi connectivity index (χ0n) is 13.7. The van der Waals surface area contributed by atoms with Crippen LogP contribution in [0.2, 0.25) is 0 Å². The number of aliphatic carboxylic acids is 2. The summed E-state index contributed by atoms with van der Waals surface area (Å²) in [5, 5.41) is 13.9. The number of carboxylic acids is 2. The van der Waals surface area contributed by atoms with Crippen molar-refractivity contribution in [1.29, 1.82) is 0 Å². The third-order valence-electron chi connectivity index (χ3n) is 2.43. The Morgan fingerprint density at radius 3 is 2.00 bits per heavy atom. The number of rotatable bonds is 11. The molecule has 0 amide bonds. The minimum atomic E-state index is -4.84. The van der Waals surface area contributed by atoms with Gasteiger partial charge < -0.3 is 21.9 Å². The van der Waals surface area contributed by atoms with Gasteiger partial charge in [0.05, 0.1) is 6.42 Å². The van der Waals surface area contributed by atoms with Gasteiger partial charge in [0.25, 0.3) is 10.1 Å². The molecule has 132 valence electrons. The van der Waals surface area contributed by atoms with Gasteiger partial charge in [-0.25, -0.2) is 0 Å². The Balaban J connectivity index is -0.000000338. The molecule has 23 heavy (non-hydrogen) atoms. The van der Waals surface area contributed by atoms with E-state index in [1.807, 2.05) is 0 Å². The van der Waals surface area contributed by atoms with Gasteiger partial charge in [0.15, 0.2) is 5.25 Å². The van der Waals surface area contributed by atoms with E-state index < -0.39 is 33.7 Å². The molecular weight excluding hydrogens is 355 g/mol. The van der Waals surface area contributed by atoms with Crippen LogP contribution in [-0.4, -0.2) is 53.6 Å². The Labute approximate surface area is 180 Å². The molecule has 0 aromatic rings. The smallest absolute Gasteiger partial charge is 0.481 e. The first-order chi connectivity index (χ1) is 10.2. The van der Waals surface area contributed by atoms with E-state index in [1.165, 1.54) is 25.7 Å². The largest absolute Gasteiger partial charge is 1.00 e. The maximum atomic E-state index is 10.2. The predicted octanol–water partition coefficient (Wildman–Crippen LogP) is -1.39. The Hall–Kier alpha value is 0.446. The first kappa shape index (κ1) is 28.3. The van der Waals surface area contributed by atoms with Crippen molar-refractivity contribution in [3.8, 4) is 0 Å². The Bertz CT molecular complexity index is 402. The number of unbranched alkanes of at least 4 members (excludes halogenated alkanes) is 3. The molecular formula is C13H25KO8S. The Kier molecular flexibility index (Phi) is 21.2. The fraction of sp³-hybridized carbons (Fsp3) is 0.769. The maximum absolute atomic E-state index is 10.2. The number of carboxylic acid groups (broad SMARTS) is 2. The van der Waals surface area contributed by atoms with Crippen LogP contribution in [-0.2, 0) is 24.4 Å². The third-order valence-corrected chi connectivity index (χ3v) is 3.51. The number of ether oxygens (including phenoxy) is 1. The van der Waals surface area contributed by atoms with Crippen molar-refractivity contribution >= 4 is 22.1 Å². The van der Waals surface area contributed by atoms with Crippen molar-refractivity contribution < 1.29 is 88.9 Å². The summed E-state index contributed by atoms with van der Waals surface area (Å²) in [6.45, 7) is 7.67. The molecule has 1 atom stereocenters. The van der Waals surface area contributed by atoms with Crippen molar-refractivity contribution in [3.63, 3.8) is 0 Å². The summed E-state index contributed by atoms with van der Waals surface area (Å²) in [4.78, 5) is 20.0. The van der Waals surface area contributed by atoms with E-state index in [2.05, 4.69) is 13.8 Å². The molecule has 10 heteroatoms.